The summed E-state index contributed by atoms with van der Waals surface area (Å²) in [5.74, 6) is 0.863. The summed E-state index contributed by atoms with van der Waals surface area (Å²) in [5.41, 5.74) is 2.33. The number of rotatable bonds is 4. The highest BCUT2D eigenvalue weighted by molar-refractivity contribution is 9.10. The average Bonchev–Trinajstić information content (AvgIpc) is 2.41. The largest absolute Gasteiger partial charge is 0.493 e. The third-order valence-corrected chi connectivity index (χ3v) is 4.64. The Bertz CT molecular complexity index is 555. The Morgan fingerprint density at radius 1 is 1.11 bits per heavy atom. The molecule has 0 heterocycles. The van der Waals surface area contributed by atoms with E-state index in [1.165, 1.54) is 5.56 Å². The number of benzene rings is 2. The predicted octanol–water partition coefficient (Wildman–Crippen LogP) is 5.99. The van der Waals surface area contributed by atoms with Crippen molar-refractivity contribution in [3.05, 3.63) is 63.1 Å². The third kappa shape index (κ3) is 3.74. The number of ether oxygens (including phenoxy) is 1. The summed E-state index contributed by atoms with van der Waals surface area (Å²) in [6.07, 6.45) is 0. The van der Waals surface area contributed by atoms with Crippen molar-refractivity contribution in [2.75, 3.05) is 6.61 Å². The van der Waals surface area contributed by atoms with Crippen molar-refractivity contribution in [3.63, 3.8) is 0 Å². The van der Waals surface area contributed by atoms with Crippen molar-refractivity contribution in [3.8, 4) is 5.75 Å². The lowest BCUT2D eigenvalue weighted by molar-refractivity contribution is 0.338. The fourth-order valence-electron chi connectivity index (χ4n) is 1.77. The Kier molecular flexibility index (Phi) is 5.31. The molecule has 2 aromatic rings. The van der Waals surface area contributed by atoms with Gasteiger partial charge in [0.05, 0.1) is 15.9 Å². The first-order valence-electron chi connectivity index (χ1n) is 5.93. The molecule has 2 rings (SSSR count). The number of hydrogen-bond donors (Lipinski definition) is 0. The van der Waals surface area contributed by atoms with Gasteiger partial charge >= 0.3 is 0 Å². The van der Waals surface area contributed by atoms with E-state index in [2.05, 4.69) is 44.0 Å². The lowest BCUT2D eigenvalue weighted by atomic mass is 10.0. The molecular formula is C15H13Br2ClO. The summed E-state index contributed by atoms with van der Waals surface area (Å²) in [4.78, 5) is 0.136. The average molecular weight is 405 g/mol. The second-order valence-electron chi connectivity index (χ2n) is 4.04. The molecule has 1 nitrogen and oxygen atoms in total. The summed E-state index contributed by atoms with van der Waals surface area (Å²) in [6.45, 7) is 2.63. The van der Waals surface area contributed by atoms with Gasteiger partial charge in [-0.2, -0.15) is 0 Å². The summed E-state index contributed by atoms with van der Waals surface area (Å²) in [5, 5.41) is 0.747. The molecule has 0 fully saturated rings. The number of hydrogen-bond acceptors (Lipinski definition) is 1. The Balaban J connectivity index is 2.26. The summed E-state index contributed by atoms with van der Waals surface area (Å²) in [7, 11) is 0. The van der Waals surface area contributed by atoms with E-state index >= 15 is 0 Å². The molecule has 0 spiro atoms. The quantitative estimate of drug-likeness (QED) is 0.569. The molecule has 0 aliphatic heterocycles. The van der Waals surface area contributed by atoms with Gasteiger partial charge in [0.2, 0.25) is 0 Å². The van der Waals surface area contributed by atoms with E-state index in [0.717, 1.165) is 20.8 Å². The molecule has 100 valence electrons. The lowest BCUT2D eigenvalue weighted by Gasteiger charge is -2.13. The van der Waals surface area contributed by atoms with Gasteiger partial charge < -0.3 is 4.74 Å². The zero-order valence-corrected chi connectivity index (χ0v) is 14.3. The topological polar surface area (TPSA) is 9.23 Å². The van der Waals surface area contributed by atoms with E-state index in [4.69, 9.17) is 16.3 Å². The van der Waals surface area contributed by atoms with Crippen LogP contribution in [-0.2, 0) is 0 Å². The highest BCUT2D eigenvalue weighted by Gasteiger charge is 2.12. The Hall–Kier alpha value is -0.510. The highest BCUT2D eigenvalue weighted by atomic mass is 79.9. The minimum atomic E-state index is 0.136. The van der Waals surface area contributed by atoms with Crippen LogP contribution in [0.4, 0.5) is 0 Å². The van der Waals surface area contributed by atoms with Gasteiger partial charge in [0.15, 0.2) is 0 Å². The molecule has 1 unspecified atom stereocenters. The minimum Gasteiger partial charge on any atom is -0.493 e. The molecule has 4 heteroatoms. The molecule has 0 aliphatic carbocycles. The van der Waals surface area contributed by atoms with E-state index in [1.54, 1.807) is 0 Å². The third-order valence-electron chi connectivity index (χ3n) is 2.71. The fraction of sp³-hybridized carbons (Fsp3) is 0.200. The molecule has 0 radical (unpaired) electrons. The molecule has 0 amide bonds. The van der Waals surface area contributed by atoms with Gasteiger partial charge in [-0.3, -0.25) is 0 Å². The van der Waals surface area contributed by atoms with Crippen molar-refractivity contribution in [1.29, 1.82) is 0 Å². The first kappa shape index (κ1) is 14.9. The highest BCUT2D eigenvalue weighted by Crippen LogP contribution is 2.35. The monoisotopic (exact) mass is 402 g/mol. The molecule has 0 aliphatic rings. The second-order valence-corrected chi connectivity index (χ2v) is 6.24. The maximum absolute atomic E-state index is 5.90. The van der Waals surface area contributed by atoms with Crippen LogP contribution in [0.2, 0.25) is 5.02 Å². The van der Waals surface area contributed by atoms with E-state index in [-0.39, 0.29) is 4.83 Å². The normalized spacial score (nSPS) is 12.2. The molecule has 0 saturated heterocycles. The minimum absolute atomic E-state index is 0.136. The van der Waals surface area contributed by atoms with Crippen LogP contribution in [0.3, 0.4) is 0 Å². The van der Waals surface area contributed by atoms with Crippen molar-refractivity contribution in [2.24, 2.45) is 0 Å². The molecule has 0 N–H and O–H groups in total. The van der Waals surface area contributed by atoms with Gasteiger partial charge in [-0.1, -0.05) is 45.7 Å². The van der Waals surface area contributed by atoms with Crippen LogP contribution >= 0.6 is 43.5 Å². The molecule has 0 aromatic heterocycles. The van der Waals surface area contributed by atoms with Crippen LogP contribution < -0.4 is 4.74 Å². The first-order chi connectivity index (χ1) is 9.11. The van der Waals surface area contributed by atoms with Crippen LogP contribution in [0.15, 0.2) is 46.9 Å². The Morgan fingerprint density at radius 2 is 1.74 bits per heavy atom. The van der Waals surface area contributed by atoms with Crippen LogP contribution in [0.5, 0.6) is 5.75 Å². The Morgan fingerprint density at radius 3 is 2.32 bits per heavy atom. The molecule has 19 heavy (non-hydrogen) atoms. The summed E-state index contributed by atoms with van der Waals surface area (Å²) in [6, 6.07) is 13.9. The van der Waals surface area contributed by atoms with Crippen molar-refractivity contribution in [2.45, 2.75) is 11.8 Å². The first-order valence-corrected chi connectivity index (χ1v) is 8.02. The van der Waals surface area contributed by atoms with Gasteiger partial charge in [0.1, 0.15) is 5.75 Å². The fourth-order valence-corrected chi connectivity index (χ4v) is 3.00. The van der Waals surface area contributed by atoms with Crippen LogP contribution in [0.25, 0.3) is 0 Å². The van der Waals surface area contributed by atoms with Gasteiger partial charge in [0.25, 0.3) is 0 Å². The second kappa shape index (κ2) is 6.78. The number of alkyl halides is 1. The number of halogens is 3. The van der Waals surface area contributed by atoms with Crippen molar-refractivity contribution >= 4 is 43.5 Å². The van der Waals surface area contributed by atoms with E-state index in [0.29, 0.717) is 6.61 Å². The van der Waals surface area contributed by atoms with E-state index in [9.17, 15) is 0 Å². The smallest absolute Gasteiger partial charge is 0.133 e. The molecule has 0 saturated carbocycles. The van der Waals surface area contributed by atoms with Crippen LogP contribution in [-0.4, -0.2) is 6.61 Å². The predicted molar refractivity (Wildman–Crippen MR) is 87.5 cm³/mol. The Labute approximate surface area is 135 Å². The van der Waals surface area contributed by atoms with Gasteiger partial charge in [-0.15, -0.1) is 0 Å². The van der Waals surface area contributed by atoms with E-state index in [1.807, 2.05) is 37.3 Å². The zero-order chi connectivity index (χ0) is 13.8. The molecule has 1 atom stereocenters. The van der Waals surface area contributed by atoms with Gasteiger partial charge in [-0.25, -0.2) is 0 Å². The van der Waals surface area contributed by atoms with Crippen molar-refractivity contribution < 1.29 is 4.74 Å². The van der Waals surface area contributed by atoms with Crippen LogP contribution in [0.1, 0.15) is 22.9 Å². The standard InChI is InChI=1S/C15H13Br2ClO/c1-2-19-14-8-5-11(9-13(14)16)15(17)10-3-6-12(18)7-4-10/h3-9,15H,2H2,1H3. The molecule has 0 bridgehead atoms. The molecule has 2 aromatic carbocycles. The maximum atomic E-state index is 5.90. The van der Waals surface area contributed by atoms with Crippen molar-refractivity contribution in [1.82, 2.24) is 0 Å². The molecular weight excluding hydrogens is 391 g/mol. The summed E-state index contributed by atoms with van der Waals surface area (Å²) >= 11 is 13.1. The zero-order valence-electron chi connectivity index (χ0n) is 10.4. The van der Waals surface area contributed by atoms with Gasteiger partial charge in [-0.05, 0) is 58.2 Å². The summed E-state index contributed by atoms with van der Waals surface area (Å²) < 4.78 is 6.48. The van der Waals surface area contributed by atoms with Crippen LogP contribution in [0, 0.1) is 0 Å². The lowest BCUT2D eigenvalue weighted by Crippen LogP contribution is -1.96. The van der Waals surface area contributed by atoms with E-state index < -0.39 is 0 Å². The SMILES string of the molecule is CCOc1ccc(C(Br)c2ccc(Cl)cc2)cc1Br. The van der Waals surface area contributed by atoms with Gasteiger partial charge in [0, 0.05) is 5.02 Å². The maximum Gasteiger partial charge on any atom is 0.133 e.